The molecule has 0 fully saturated rings. The molecule has 0 saturated heterocycles. The Labute approximate surface area is 174 Å². The summed E-state index contributed by atoms with van der Waals surface area (Å²) in [5.74, 6) is 0.486. The molecule has 1 atom stereocenters. The monoisotopic (exact) mass is 493 g/mol. The topological polar surface area (TPSA) is 45.7 Å². The van der Waals surface area contributed by atoms with Crippen LogP contribution in [-0.4, -0.2) is 26.7 Å². The summed E-state index contributed by atoms with van der Waals surface area (Å²) in [5.41, 5.74) is 0.883. The molecule has 2 rings (SSSR count). The second kappa shape index (κ2) is 11.1. The average molecular weight is 493 g/mol. The number of nitrogens with one attached hydrogen (secondary N) is 2. The first-order valence-electron chi connectivity index (χ1n) is 8.12. The second-order valence-electron chi connectivity index (χ2n) is 5.64. The molecule has 0 aliphatic rings. The van der Waals surface area contributed by atoms with Gasteiger partial charge < -0.3 is 15.4 Å². The lowest BCUT2D eigenvalue weighted by Crippen LogP contribution is -2.39. The van der Waals surface area contributed by atoms with E-state index in [1.54, 1.807) is 20.2 Å². The molecule has 0 amide bonds. The highest BCUT2D eigenvalue weighted by Crippen LogP contribution is 2.29. The fraction of sp³-hybridized carbons (Fsp3) is 0.316. The number of aliphatic imine (C=N–C) groups is 1. The molecular formula is C19H23F3IN3O. The first kappa shape index (κ1) is 23.2. The predicted molar refractivity (Wildman–Crippen MR) is 111 cm³/mol. The summed E-state index contributed by atoms with van der Waals surface area (Å²) in [5, 5.41) is 6.14. The van der Waals surface area contributed by atoms with E-state index < -0.39 is 11.7 Å². The molecule has 4 nitrogen and oxygen atoms in total. The zero-order chi connectivity index (χ0) is 19.0. The van der Waals surface area contributed by atoms with E-state index in [1.807, 2.05) is 30.3 Å². The molecule has 0 heterocycles. The summed E-state index contributed by atoms with van der Waals surface area (Å²) in [6.45, 7) is 0.704. The molecule has 0 aliphatic carbocycles. The van der Waals surface area contributed by atoms with Crippen LogP contribution in [0.3, 0.4) is 0 Å². The van der Waals surface area contributed by atoms with Crippen molar-refractivity contribution in [1.82, 2.24) is 10.6 Å². The number of ether oxygens (including phenoxy) is 1. The molecule has 0 bridgehead atoms. The van der Waals surface area contributed by atoms with Crippen molar-refractivity contribution in [3.63, 3.8) is 0 Å². The Morgan fingerprint density at radius 2 is 1.78 bits per heavy atom. The van der Waals surface area contributed by atoms with E-state index >= 15 is 0 Å². The lowest BCUT2D eigenvalue weighted by Gasteiger charge is -2.19. The number of hydrogen-bond acceptors (Lipinski definition) is 2. The van der Waals surface area contributed by atoms with Crippen LogP contribution in [0.4, 0.5) is 13.2 Å². The van der Waals surface area contributed by atoms with Crippen LogP contribution in [0, 0.1) is 0 Å². The van der Waals surface area contributed by atoms with Gasteiger partial charge in [0.15, 0.2) is 5.96 Å². The maximum atomic E-state index is 12.8. The Kier molecular flexibility index (Phi) is 9.57. The third kappa shape index (κ3) is 7.37. The summed E-state index contributed by atoms with van der Waals surface area (Å²) in [7, 11) is 3.23. The number of methoxy groups -OCH3 is 1. The van der Waals surface area contributed by atoms with Gasteiger partial charge in [0.05, 0.1) is 11.7 Å². The summed E-state index contributed by atoms with van der Waals surface area (Å²) in [4.78, 5) is 4.09. The van der Waals surface area contributed by atoms with Gasteiger partial charge in [-0.1, -0.05) is 42.5 Å². The molecule has 2 aromatic carbocycles. The van der Waals surface area contributed by atoms with Gasteiger partial charge in [0.2, 0.25) is 0 Å². The molecule has 0 radical (unpaired) electrons. The fourth-order valence-electron chi connectivity index (χ4n) is 2.46. The van der Waals surface area contributed by atoms with Crippen LogP contribution in [0.15, 0.2) is 59.6 Å². The number of guanidine groups is 1. The standard InChI is InChI=1S/C19H22F3N3O.HI/c1-23-18(25-13-17(26-2)15-8-4-3-5-9-15)24-12-14-7-6-10-16(11-14)19(20,21)22;/h3-11,17H,12-13H2,1-2H3,(H2,23,24,25);1H. The first-order valence-corrected chi connectivity index (χ1v) is 8.12. The van der Waals surface area contributed by atoms with Crippen molar-refractivity contribution in [3.8, 4) is 0 Å². The van der Waals surface area contributed by atoms with Crippen LogP contribution in [0.1, 0.15) is 22.8 Å². The van der Waals surface area contributed by atoms with Crippen molar-refractivity contribution in [2.45, 2.75) is 18.8 Å². The zero-order valence-corrected chi connectivity index (χ0v) is 17.4. The Hall–Kier alpha value is -1.81. The molecule has 0 aliphatic heterocycles. The van der Waals surface area contributed by atoms with Crippen molar-refractivity contribution in [1.29, 1.82) is 0 Å². The van der Waals surface area contributed by atoms with Gasteiger partial charge in [-0.25, -0.2) is 0 Å². The summed E-state index contributed by atoms with van der Waals surface area (Å²) in [6.07, 6.45) is -4.51. The van der Waals surface area contributed by atoms with E-state index in [0.717, 1.165) is 17.7 Å². The van der Waals surface area contributed by atoms with Gasteiger partial charge >= 0.3 is 6.18 Å². The number of alkyl halides is 3. The lowest BCUT2D eigenvalue weighted by atomic mass is 10.1. The minimum Gasteiger partial charge on any atom is -0.375 e. The van der Waals surface area contributed by atoms with Gasteiger partial charge in [0, 0.05) is 27.2 Å². The average Bonchev–Trinajstić information content (AvgIpc) is 2.65. The molecule has 2 N–H and O–H groups in total. The van der Waals surface area contributed by atoms with E-state index in [2.05, 4.69) is 15.6 Å². The first-order chi connectivity index (χ1) is 12.4. The highest BCUT2D eigenvalue weighted by molar-refractivity contribution is 14.0. The second-order valence-corrected chi connectivity index (χ2v) is 5.64. The highest BCUT2D eigenvalue weighted by atomic mass is 127. The fourth-order valence-corrected chi connectivity index (χ4v) is 2.46. The minimum absolute atomic E-state index is 0. The van der Waals surface area contributed by atoms with E-state index in [0.29, 0.717) is 18.1 Å². The van der Waals surface area contributed by atoms with Crippen molar-refractivity contribution < 1.29 is 17.9 Å². The van der Waals surface area contributed by atoms with E-state index in [4.69, 9.17) is 4.74 Å². The molecule has 2 aromatic rings. The van der Waals surface area contributed by atoms with E-state index in [9.17, 15) is 13.2 Å². The van der Waals surface area contributed by atoms with Crippen molar-refractivity contribution in [2.24, 2.45) is 4.99 Å². The van der Waals surface area contributed by atoms with Crippen molar-refractivity contribution >= 4 is 29.9 Å². The number of halogens is 4. The van der Waals surface area contributed by atoms with Crippen LogP contribution in [-0.2, 0) is 17.5 Å². The number of hydrogen-bond donors (Lipinski definition) is 2. The Balaban J connectivity index is 0.00000364. The quantitative estimate of drug-likeness (QED) is 0.357. The largest absolute Gasteiger partial charge is 0.416 e. The van der Waals surface area contributed by atoms with Gasteiger partial charge in [0.25, 0.3) is 0 Å². The SMILES string of the molecule is CN=C(NCc1cccc(C(F)(F)F)c1)NCC(OC)c1ccccc1.I. The van der Waals surface area contributed by atoms with Crippen LogP contribution in [0.5, 0.6) is 0 Å². The maximum absolute atomic E-state index is 12.8. The van der Waals surface area contributed by atoms with Gasteiger partial charge in [-0.3, -0.25) is 4.99 Å². The highest BCUT2D eigenvalue weighted by Gasteiger charge is 2.30. The molecular weight excluding hydrogens is 470 g/mol. The minimum atomic E-state index is -4.35. The van der Waals surface area contributed by atoms with Crippen molar-refractivity contribution in [2.75, 3.05) is 20.7 Å². The molecule has 0 saturated carbocycles. The lowest BCUT2D eigenvalue weighted by molar-refractivity contribution is -0.137. The molecule has 27 heavy (non-hydrogen) atoms. The third-order valence-electron chi connectivity index (χ3n) is 3.85. The Morgan fingerprint density at radius 3 is 2.37 bits per heavy atom. The molecule has 8 heteroatoms. The van der Waals surface area contributed by atoms with Gasteiger partial charge in [0.1, 0.15) is 0 Å². The summed E-state index contributed by atoms with van der Waals surface area (Å²) < 4.78 is 43.8. The summed E-state index contributed by atoms with van der Waals surface area (Å²) in [6, 6.07) is 14.9. The van der Waals surface area contributed by atoms with Crippen LogP contribution >= 0.6 is 24.0 Å². The van der Waals surface area contributed by atoms with Crippen LogP contribution < -0.4 is 10.6 Å². The Morgan fingerprint density at radius 1 is 1.07 bits per heavy atom. The number of nitrogens with zero attached hydrogens (tertiary/aromatic N) is 1. The normalized spacial score (nSPS) is 12.9. The van der Waals surface area contributed by atoms with E-state index in [1.165, 1.54) is 6.07 Å². The van der Waals surface area contributed by atoms with Gasteiger partial charge in [-0.15, -0.1) is 24.0 Å². The smallest absolute Gasteiger partial charge is 0.375 e. The number of rotatable bonds is 6. The maximum Gasteiger partial charge on any atom is 0.416 e. The third-order valence-corrected chi connectivity index (χ3v) is 3.85. The zero-order valence-electron chi connectivity index (χ0n) is 15.1. The molecule has 148 valence electrons. The summed E-state index contributed by atoms with van der Waals surface area (Å²) >= 11 is 0. The predicted octanol–water partition coefficient (Wildman–Crippen LogP) is 4.38. The molecule has 0 spiro atoms. The Bertz CT molecular complexity index is 724. The number of benzene rings is 2. The molecule has 0 aromatic heterocycles. The van der Waals surface area contributed by atoms with E-state index in [-0.39, 0.29) is 36.6 Å². The van der Waals surface area contributed by atoms with Crippen LogP contribution in [0.2, 0.25) is 0 Å². The van der Waals surface area contributed by atoms with Crippen molar-refractivity contribution in [3.05, 3.63) is 71.3 Å². The molecule has 1 unspecified atom stereocenters. The van der Waals surface area contributed by atoms with Crippen LogP contribution in [0.25, 0.3) is 0 Å². The van der Waals surface area contributed by atoms with Gasteiger partial charge in [-0.05, 0) is 23.3 Å². The van der Waals surface area contributed by atoms with Gasteiger partial charge in [-0.2, -0.15) is 13.2 Å².